The van der Waals surface area contributed by atoms with Crippen LogP contribution in [0, 0.1) is 0 Å². The van der Waals surface area contributed by atoms with Gasteiger partial charge in [0, 0.05) is 60.8 Å². The lowest BCUT2D eigenvalue weighted by Gasteiger charge is -2.26. The smallest absolute Gasteiger partial charge is 0.145 e. The van der Waals surface area contributed by atoms with Crippen LogP contribution >= 0.6 is 0 Å². The topological polar surface area (TPSA) is 34.5 Å². The second-order valence-corrected chi connectivity index (χ2v) is 16.4. The first kappa shape index (κ1) is 36.1. The Labute approximate surface area is 369 Å². The van der Waals surface area contributed by atoms with E-state index in [4.69, 9.17) is 8.83 Å². The van der Waals surface area contributed by atoms with E-state index in [2.05, 4.69) is 228 Å². The zero-order valence-corrected chi connectivity index (χ0v) is 34.7. The lowest BCUT2D eigenvalue weighted by molar-refractivity contribution is 0.670. The Bertz CT molecular complexity index is 3860. The molecular weight excluding hydrogens is 781 g/mol. The van der Waals surface area contributed by atoms with Gasteiger partial charge in [-0.05, 0) is 95.1 Å². The van der Waals surface area contributed by atoms with Crippen molar-refractivity contribution >= 4 is 82.7 Å². The molecule has 0 radical (unpaired) electrons. The third kappa shape index (κ3) is 5.70. The molecular formula is C60H38N2O2. The molecule has 0 N–H and O–H groups in total. The fraction of sp³-hybridized carbons (Fsp3) is 0. The van der Waals surface area contributed by atoms with Crippen LogP contribution in [-0.2, 0) is 0 Å². The molecule has 0 aliphatic rings. The molecule has 4 nitrogen and oxygen atoms in total. The van der Waals surface area contributed by atoms with Crippen molar-refractivity contribution < 1.29 is 8.83 Å². The average molecular weight is 819 g/mol. The van der Waals surface area contributed by atoms with Gasteiger partial charge in [0.2, 0.25) is 0 Å². The number of hydrogen-bond donors (Lipinski definition) is 0. The summed E-state index contributed by atoms with van der Waals surface area (Å²) in [5.41, 5.74) is 16.9. The maximum Gasteiger partial charge on any atom is 0.145 e. The molecule has 13 aromatic rings. The highest BCUT2D eigenvalue weighted by Gasteiger charge is 2.21. The van der Waals surface area contributed by atoms with Gasteiger partial charge in [0.1, 0.15) is 22.3 Å². The SMILES string of the molecule is c1ccc(-c2ccc(N(c3ccc(-c4cccc5c4oc4ccccc45)cc3)c3ccc(-c4cccc5c4oc4c5ccc5c4c4ccccc4n5-c4ccccc4)cc3)cc2)cc1. The summed E-state index contributed by atoms with van der Waals surface area (Å²) in [6.07, 6.45) is 0. The Balaban J connectivity index is 0.913. The van der Waals surface area contributed by atoms with E-state index in [1.54, 1.807) is 0 Å². The number of furan rings is 2. The van der Waals surface area contributed by atoms with Crippen LogP contribution in [-0.4, -0.2) is 4.57 Å². The number of nitrogens with zero attached hydrogens (tertiary/aromatic N) is 2. The number of hydrogen-bond acceptors (Lipinski definition) is 3. The zero-order valence-electron chi connectivity index (χ0n) is 34.7. The number of aromatic nitrogens is 1. The Hall–Kier alpha value is -8.60. The van der Waals surface area contributed by atoms with Crippen LogP contribution in [0.25, 0.3) is 105 Å². The van der Waals surface area contributed by atoms with Crippen molar-refractivity contribution in [2.75, 3.05) is 4.90 Å². The van der Waals surface area contributed by atoms with Gasteiger partial charge in [0.15, 0.2) is 0 Å². The quantitative estimate of drug-likeness (QED) is 0.161. The number of rotatable bonds is 7. The Morgan fingerprint density at radius 1 is 0.297 bits per heavy atom. The highest BCUT2D eigenvalue weighted by molar-refractivity contribution is 6.24. The van der Waals surface area contributed by atoms with Crippen LogP contribution in [0.1, 0.15) is 0 Å². The fourth-order valence-electron chi connectivity index (χ4n) is 9.83. The summed E-state index contributed by atoms with van der Waals surface area (Å²) in [7, 11) is 0. The van der Waals surface area contributed by atoms with Crippen LogP contribution < -0.4 is 4.90 Å². The first-order valence-corrected chi connectivity index (χ1v) is 21.7. The Morgan fingerprint density at radius 3 is 1.44 bits per heavy atom. The number of anilines is 3. The molecule has 3 aromatic heterocycles. The molecule has 0 spiro atoms. The molecule has 10 aromatic carbocycles. The van der Waals surface area contributed by atoms with E-state index in [1.165, 1.54) is 16.5 Å². The minimum atomic E-state index is 0.887. The summed E-state index contributed by atoms with van der Waals surface area (Å²) in [4.78, 5) is 2.32. The van der Waals surface area contributed by atoms with Gasteiger partial charge < -0.3 is 18.3 Å². The summed E-state index contributed by atoms with van der Waals surface area (Å²) in [6, 6.07) is 81.9. The lowest BCUT2D eigenvalue weighted by Crippen LogP contribution is -2.09. The summed E-state index contributed by atoms with van der Waals surface area (Å²) < 4.78 is 15.8. The van der Waals surface area contributed by atoms with E-state index in [9.17, 15) is 0 Å². The second-order valence-electron chi connectivity index (χ2n) is 16.4. The summed E-state index contributed by atoms with van der Waals surface area (Å²) in [5, 5.41) is 6.78. The monoisotopic (exact) mass is 818 g/mol. The minimum Gasteiger partial charge on any atom is -0.455 e. The van der Waals surface area contributed by atoms with Crippen LogP contribution in [0.5, 0.6) is 0 Å². The van der Waals surface area contributed by atoms with E-state index in [1.807, 2.05) is 12.1 Å². The third-order valence-corrected chi connectivity index (χ3v) is 12.8. The molecule has 0 fully saturated rings. The van der Waals surface area contributed by atoms with Gasteiger partial charge in [0.05, 0.1) is 16.4 Å². The van der Waals surface area contributed by atoms with Gasteiger partial charge in [0.25, 0.3) is 0 Å². The van der Waals surface area contributed by atoms with Gasteiger partial charge in [-0.1, -0.05) is 158 Å². The molecule has 13 rings (SSSR count). The van der Waals surface area contributed by atoms with E-state index in [0.29, 0.717) is 0 Å². The molecule has 0 unspecified atom stereocenters. The van der Waals surface area contributed by atoms with Crippen molar-refractivity contribution in [3.8, 4) is 39.1 Å². The summed E-state index contributed by atoms with van der Waals surface area (Å²) in [6.45, 7) is 0. The Kier molecular flexibility index (Phi) is 8.18. The van der Waals surface area contributed by atoms with Gasteiger partial charge in [-0.2, -0.15) is 0 Å². The maximum absolute atomic E-state index is 7.03. The van der Waals surface area contributed by atoms with E-state index >= 15 is 0 Å². The first-order chi connectivity index (χ1) is 31.7. The summed E-state index contributed by atoms with van der Waals surface area (Å²) >= 11 is 0. The molecule has 3 heterocycles. The molecule has 0 atom stereocenters. The second kappa shape index (κ2) is 14.5. The minimum absolute atomic E-state index is 0.887. The van der Waals surface area contributed by atoms with Crippen molar-refractivity contribution in [1.82, 2.24) is 4.57 Å². The van der Waals surface area contributed by atoms with Crippen LogP contribution in [0.3, 0.4) is 0 Å². The molecule has 64 heavy (non-hydrogen) atoms. The molecule has 0 saturated carbocycles. The highest BCUT2D eigenvalue weighted by atomic mass is 16.3. The average Bonchev–Trinajstić information content (AvgIpc) is 4.05. The standard InChI is InChI=1S/C60H38N2O2/c1-3-13-39(14-4-1)40-25-31-44(32-26-40)61(45-33-27-41(28-34-45)47-19-11-21-50-49-17-8-10-24-56(49)63-58(47)50)46-35-29-42(30-36-46)48-20-12-22-51-52-37-38-55-57(60(52)64-59(48)51)53-18-7-9-23-54(53)62(55)43-15-5-2-6-16-43/h1-38H. The highest BCUT2D eigenvalue weighted by Crippen LogP contribution is 2.44. The molecule has 0 bridgehead atoms. The molecule has 0 aliphatic heterocycles. The molecule has 0 amide bonds. The largest absolute Gasteiger partial charge is 0.455 e. The fourth-order valence-corrected chi connectivity index (χ4v) is 9.83. The maximum atomic E-state index is 7.03. The van der Waals surface area contributed by atoms with Gasteiger partial charge in [-0.15, -0.1) is 0 Å². The van der Waals surface area contributed by atoms with Crippen LogP contribution in [0.15, 0.2) is 239 Å². The molecule has 300 valence electrons. The predicted molar refractivity (Wildman–Crippen MR) is 266 cm³/mol. The normalized spacial score (nSPS) is 11.8. The molecule has 4 heteroatoms. The Morgan fingerprint density at radius 2 is 0.781 bits per heavy atom. The van der Waals surface area contributed by atoms with Crippen LogP contribution in [0.2, 0.25) is 0 Å². The summed E-state index contributed by atoms with van der Waals surface area (Å²) in [5.74, 6) is 0. The van der Waals surface area contributed by atoms with Crippen molar-refractivity contribution in [2.45, 2.75) is 0 Å². The zero-order chi connectivity index (χ0) is 42.1. The molecule has 0 aliphatic carbocycles. The molecule has 0 saturated heterocycles. The van der Waals surface area contributed by atoms with Gasteiger partial charge >= 0.3 is 0 Å². The van der Waals surface area contributed by atoms with E-state index in [0.717, 1.165) is 105 Å². The lowest BCUT2D eigenvalue weighted by atomic mass is 10.0. The first-order valence-electron chi connectivity index (χ1n) is 21.7. The van der Waals surface area contributed by atoms with Crippen molar-refractivity contribution in [2.24, 2.45) is 0 Å². The van der Waals surface area contributed by atoms with Crippen molar-refractivity contribution in [3.63, 3.8) is 0 Å². The van der Waals surface area contributed by atoms with Gasteiger partial charge in [-0.25, -0.2) is 0 Å². The third-order valence-electron chi connectivity index (χ3n) is 12.8. The predicted octanol–water partition coefficient (Wildman–Crippen LogP) is 17.1. The van der Waals surface area contributed by atoms with E-state index in [-0.39, 0.29) is 0 Å². The van der Waals surface area contributed by atoms with Gasteiger partial charge in [-0.3, -0.25) is 0 Å². The van der Waals surface area contributed by atoms with Crippen molar-refractivity contribution in [3.05, 3.63) is 231 Å². The van der Waals surface area contributed by atoms with Crippen molar-refractivity contribution in [1.29, 1.82) is 0 Å². The number of fused-ring (bicyclic) bond motifs is 10. The van der Waals surface area contributed by atoms with E-state index < -0.39 is 0 Å². The van der Waals surface area contributed by atoms with Crippen LogP contribution in [0.4, 0.5) is 17.1 Å². The number of benzene rings is 10. The number of para-hydroxylation sites is 5.